The zero-order chi connectivity index (χ0) is 12.7. The van der Waals surface area contributed by atoms with Crippen LogP contribution in [-0.4, -0.2) is 22.6 Å². The van der Waals surface area contributed by atoms with Gasteiger partial charge in [0.2, 0.25) is 10.0 Å². The van der Waals surface area contributed by atoms with Crippen molar-refractivity contribution >= 4 is 10.0 Å². The Kier molecular flexibility index (Phi) is 2.79. The minimum Gasteiger partial charge on any atom is -0.497 e. The zero-order valence-electron chi connectivity index (χ0n) is 9.76. The van der Waals surface area contributed by atoms with E-state index >= 15 is 0 Å². The maximum Gasteiger partial charge on any atom is 0.219 e. The summed E-state index contributed by atoms with van der Waals surface area (Å²) in [7, 11) is -0.603. The van der Waals surface area contributed by atoms with Crippen LogP contribution in [0.4, 0.5) is 0 Å². The molecular weight excluding hydrogens is 242 g/mol. The molecular formula is C11H15NO4S. The van der Waals surface area contributed by atoms with Crippen molar-refractivity contribution in [3.05, 3.63) is 23.8 Å². The first-order valence-corrected chi connectivity index (χ1v) is 6.74. The van der Waals surface area contributed by atoms with Crippen LogP contribution in [0.5, 0.6) is 11.5 Å². The highest BCUT2D eigenvalue weighted by Crippen LogP contribution is 2.54. The van der Waals surface area contributed by atoms with Gasteiger partial charge >= 0.3 is 0 Å². The van der Waals surface area contributed by atoms with E-state index in [2.05, 4.69) is 0 Å². The number of ether oxygens (including phenoxy) is 2. The number of hydrogen-bond donors (Lipinski definition) is 1. The molecule has 0 bridgehead atoms. The number of hydrogen-bond acceptors (Lipinski definition) is 4. The van der Waals surface area contributed by atoms with Crippen molar-refractivity contribution in [2.45, 2.75) is 17.6 Å². The van der Waals surface area contributed by atoms with Crippen molar-refractivity contribution in [3.63, 3.8) is 0 Å². The third-order valence-electron chi connectivity index (χ3n) is 3.15. The fourth-order valence-corrected chi connectivity index (χ4v) is 3.13. The smallest absolute Gasteiger partial charge is 0.219 e. The Labute approximate surface area is 101 Å². The Morgan fingerprint density at radius 3 is 2.29 bits per heavy atom. The largest absolute Gasteiger partial charge is 0.497 e. The monoisotopic (exact) mass is 257 g/mol. The van der Waals surface area contributed by atoms with Crippen LogP contribution in [0, 0.1) is 0 Å². The lowest BCUT2D eigenvalue weighted by Crippen LogP contribution is -2.28. The van der Waals surface area contributed by atoms with Gasteiger partial charge in [0.25, 0.3) is 0 Å². The van der Waals surface area contributed by atoms with Gasteiger partial charge in [0.05, 0.1) is 14.2 Å². The average molecular weight is 257 g/mol. The third kappa shape index (κ3) is 1.87. The minimum atomic E-state index is -3.64. The summed E-state index contributed by atoms with van der Waals surface area (Å²) in [5.41, 5.74) is 0.585. The first-order valence-electron chi connectivity index (χ1n) is 5.19. The van der Waals surface area contributed by atoms with E-state index in [1.165, 1.54) is 14.2 Å². The van der Waals surface area contributed by atoms with Gasteiger partial charge in [0.1, 0.15) is 16.2 Å². The quantitative estimate of drug-likeness (QED) is 0.872. The minimum absolute atomic E-state index is 0.523. The van der Waals surface area contributed by atoms with E-state index in [0.29, 0.717) is 29.9 Å². The zero-order valence-corrected chi connectivity index (χ0v) is 10.6. The summed E-state index contributed by atoms with van der Waals surface area (Å²) in [6.45, 7) is 0. The van der Waals surface area contributed by atoms with Crippen LogP contribution >= 0.6 is 0 Å². The van der Waals surface area contributed by atoms with Crippen molar-refractivity contribution in [1.82, 2.24) is 0 Å². The van der Waals surface area contributed by atoms with Gasteiger partial charge in [-0.2, -0.15) is 0 Å². The molecule has 0 atom stereocenters. The molecule has 0 saturated heterocycles. The van der Waals surface area contributed by atoms with E-state index in [1.54, 1.807) is 18.2 Å². The lowest BCUT2D eigenvalue weighted by atomic mass is 10.1. The molecule has 17 heavy (non-hydrogen) atoms. The van der Waals surface area contributed by atoms with E-state index in [4.69, 9.17) is 14.6 Å². The molecule has 1 aliphatic rings. The molecule has 0 radical (unpaired) electrons. The van der Waals surface area contributed by atoms with Crippen LogP contribution in [0.25, 0.3) is 0 Å². The van der Waals surface area contributed by atoms with Crippen LogP contribution in [0.1, 0.15) is 18.4 Å². The second-order valence-electron chi connectivity index (χ2n) is 4.11. The molecule has 1 aliphatic carbocycles. The highest BCUT2D eigenvalue weighted by Gasteiger charge is 2.56. The topological polar surface area (TPSA) is 78.6 Å². The van der Waals surface area contributed by atoms with Crippen molar-refractivity contribution in [1.29, 1.82) is 0 Å². The highest BCUT2D eigenvalue weighted by molar-refractivity contribution is 7.90. The first-order chi connectivity index (χ1) is 7.94. The molecule has 1 fully saturated rings. The van der Waals surface area contributed by atoms with Gasteiger partial charge in [-0.15, -0.1) is 0 Å². The van der Waals surface area contributed by atoms with Gasteiger partial charge in [-0.25, -0.2) is 13.6 Å². The molecule has 0 amide bonds. The van der Waals surface area contributed by atoms with Crippen LogP contribution in [-0.2, 0) is 14.8 Å². The molecule has 1 saturated carbocycles. The van der Waals surface area contributed by atoms with Gasteiger partial charge in [0.15, 0.2) is 0 Å². The fourth-order valence-electron chi connectivity index (χ4n) is 1.99. The summed E-state index contributed by atoms with van der Waals surface area (Å²) in [5, 5.41) is 5.30. The van der Waals surface area contributed by atoms with E-state index < -0.39 is 14.8 Å². The van der Waals surface area contributed by atoms with Gasteiger partial charge in [-0.1, -0.05) is 0 Å². The predicted octanol–water partition coefficient (Wildman–Crippen LogP) is 0.981. The van der Waals surface area contributed by atoms with Crippen molar-refractivity contribution in [2.24, 2.45) is 5.14 Å². The van der Waals surface area contributed by atoms with E-state index in [9.17, 15) is 8.42 Å². The average Bonchev–Trinajstić information content (AvgIpc) is 3.08. The molecule has 0 heterocycles. The number of methoxy groups -OCH3 is 2. The van der Waals surface area contributed by atoms with E-state index in [1.807, 2.05) is 0 Å². The third-order valence-corrected chi connectivity index (χ3v) is 4.86. The summed E-state index contributed by atoms with van der Waals surface area (Å²) >= 11 is 0. The van der Waals surface area contributed by atoms with Crippen molar-refractivity contribution in [2.75, 3.05) is 14.2 Å². The number of primary sulfonamides is 1. The molecule has 6 heteroatoms. The number of rotatable bonds is 4. The Morgan fingerprint density at radius 1 is 1.24 bits per heavy atom. The maximum atomic E-state index is 11.7. The Balaban J connectivity index is 2.58. The fraction of sp³-hybridized carbons (Fsp3) is 0.455. The van der Waals surface area contributed by atoms with Crippen LogP contribution < -0.4 is 14.6 Å². The molecule has 2 N–H and O–H groups in total. The predicted molar refractivity (Wildman–Crippen MR) is 63.6 cm³/mol. The Morgan fingerprint density at radius 2 is 1.88 bits per heavy atom. The molecule has 2 rings (SSSR count). The standard InChI is InChI=1S/C11H15NO4S/c1-15-8-3-4-10(16-2)9(7-8)11(5-6-11)17(12,13)14/h3-4,7H,5-6H2,1-2H3,(H2,12,13,14). The molecule has 5 nitrogen and oxygen atoms in total. The first kappa shape index (κ1) is 12.2. The molecule has 0 aliphatic heterocycles. The maximum absolute atomic E-state index is 11.7. The lowest BCUT2D eigenvalue weighted by molar-refractivity contribution is 0.397. The normalized spacial score (nSPS) is 17.6. The van der Waals surface area contributed by atoms with Crippen LogP contribution in [0.2, 0.25) is 0 Å². The number of nitrogens with two attached hydrogens (primary N) is 1. The summed E-state index contributed by atoms with van der Waals surface area (Å²) < 4.78 is 32.6. The number of benzene rings is 1. The molecule has 1 aromatic carbocycles. The van der Waals surface area contributed by atoms with Crippen LogP contribution in [0.3, 0.4) is 0 Å². The van der Waals surface area contributed by atoms with Gasteiger partial charge < -0.3 is 9.47 Å². The molecule has 0 aromatic heterocycles. The van der Waals surface area contributed by atoms with Gasteiger partial charge in [-0.05, 0) is 31.0 Å². The second-order valence-corrected chi connectivity index (χ2v) is 5.98. The molecule has 0 unspecified atom stereocenters. The van der Waals surface area contributed by atoms with Crippen LogP contribution in [0.15, 0.2) is 18.2 Å². The Bertz CT molecular complexity index is 534. The SMILES string of the molecule is COc1ccc(OC)c(C2(S(N)(=O)=O)CC2)c1. The van der Waals surface area contributed by atoms with E-state index in [0.717, 1.165) is 0 Å². The van der Waals surface area contributed by atoms with Gasteiger partial charge in [-0.3, -0.25) is 0 Å². The second kappa shape index (κ2) is 3.89. The summed E-state index contributed by atoms with van der Waals surface area (Å²) in [4.78, 5) is 0. The lowest BCUT2D eigenvalue weighted by Gasteiger charge is -2.17. The molecule has 1 aromatic rings. The van der Waals surface area contributed by atoms with Crippen molar-refractivity contribution in [3.8, 4) is 11.5 Å². The summed E-state index contributed by atoms with van der Waals surface area (Å²) in [5.74, 6) is 1.12. The molecule has 0 spiro atoms. The molecule has 94 valence electrons. The van der Waals surface area contributed by atoms with E-state index in [-0.39, 0.29) is 0 Å². The summed E-state index contributed by atoms with van der Waals surface area (Å²) in [6.07, 6.45) is 1.05. The summed E-state index contributed by atoms with van der Waals surface area (Å²) in [6, 6.07) is 5.09. The van der Waals surface area contributed by atoms with Crippen molar-refractivity contribution < 1.29 is 17.9 Å². The Hall–Kier alpha value is -1.27. The van der Waals surface area contributed by atoms with Gasteiger partial charge in [0, 0.05) is 5.56 Å². The highest BCUT2D eigenvalue weighted by atomic mass is 32.2. The number of sulfonamides is 1.